The molecule has 0 fully saturated rings. The van der Waals surface area contributed by atoms with E-state index in [4.69, 9.17) is 4.74 Å². The van der Waals surface area contributed by atoms with Gasteiger partial charge in [0.05, 0.1) is 12.8 Å². The number of carboxylic acid groups (broad SMARTS) is 1. The second kappa shape index (κ2) is 7.88. The number of aryl methyl sites for hydroxylation is 1. The van der Waals surface area contributed by atoms with Crippen LogP contribution in [0.15, 0.2) is 48.5 Å². The number of carbonyl (C=O) groups excluding carboxylic acids is 1. The average molecular weight is 383 g/mol. The van der Waals surface area contributed by atoms with E-state index in [0.29, 0.717) is 22.7 Å². The normalized spacial score (nSPS) is 10.3. The van der Waals surface area contributed by atoms with Crippen LogP contribution in [0.3, 0.4) is 0 Å². The van der Waals surface area contributed by atoms with Gasteiger partial charge < -0.3 is 15.2 Å². The summed E-state index contributed by atoms with van der Waals surface area (Å²) in [5.74, 6) is -0.400. The predicted octanol–water partition coefficient (Wildman–Crippen LogP) is 4.47. The summed E-state index contributed by atoms with van der Waals surface area (Å²) in [4.78, 5) is 28.1. The van der Waals surface area contributed by atoms with Crippen LogP contribution in [0, 0.1) is 6.92 Å². The maximum absolute atomic E-state index is 12.3. The van der Waals surface area contributed by atoms with Crippen molar-refractivity contribution in [2.45, 2.75) is 6.92 Å². The molecule has 0 radical (unpaired) electrons. The van der Waals surface area contributed by atoms with Crippen LogP contribution in [0.25, 0.3) is 11.3 Å². The summed E-state index contributed by atoms with van der Waals surface area (Å²) in [6.45, 7) is 1.84. The Bertz CT molecular complexity index is 986. The molecule has 7 nitrogen and oxygen atoms in total. The number of thiazole rings is 1. The summed E-state index contributed by atoms with van der Waals surface area (Å²) < 4.78 is 5.14. The van der Waals surface area contributed by atoms with Crippen molar-refractivity contribution in [1.82, 2.24) is 4.98 Å². The molecule has 0 aliphatic heterocycles. The van der Waals surface area contributed by atoms with E-state index in [2.05, 4.69) is 15.6 Å². The molecule has 1 heterocycles. The number of hydrogen-bond donors (Lipinski definition) is 3. The number of nitrogens with one attached hydrogen (secondary N) is 2. The molecular formula is C19H17N3O4S. The molecule has 0 saturated heterocycles. The minimum Gasteiger partial charge on any atom is -0.497 e. The Labute approximate surface area is 159 Å². The minimum atomic E-state index is -1.09. The Morgan fingerprint density at radius 3 is 2.48 bits per heavy atom. The lowest BCUT2D eigenvalue weighted by Crippen LogP contribution is -2.19. The summed E-state index contributed by atoms with van der Waals surface area (Å²) >= 11 is 0.909. The van der Waals surface area contributed by atoms with Crippen molar-refractivity contribution >= 4 is 34.2 Å². The first-order valence-corrected chi connectivity index (χ1v) is 8.81. The number of benzene rings is 2. The summed E-state index contributed by atoms with van der Waals surface area (Å²) in [5.41, 5.74) is 2.45. The molecule has 0 aliphatic rings. The molecule has 3 rings (SSSR count). The van der Waals surface area contributed by atoms with Crippen molar-refractivity contribution in [2.24, 2.45) is 0 Å². The van der Waals surface area contributed by atoms with E-state index >= 15 is 0 Å². The maximum atomic E-state index is 12.3. The summed E-state index contributed by atoms with van der Waals surface area (Å²) in [6, 6.07) is 13.7. The number of methoxy groups -OCH3 is 1. The number of ether oxygens (including phenoxy) is 1. The molecule has 2 amide bonds. The van der Waals surface area contributed by atoms with Crippen molar-refractivity contribution in [2.75, 3.05) is 17.7 Å². The number of carbonyl (C=O) groups is 2. The summed E-state index contributed by atoms with van der Waals surface area (Å²) in [7, 11) is 1.57. The van der Waals surface area contributed by atoms with Gasteiger partial charge in [0.25, 0.3) is 0 Å². The molecule has 8 heteroatoms. The van der Waals surface area contributed by atoms with Gasteiger partial charge in [-0.25, -0.2) is 14.6 Å². The minimum absolute atomic E-state index is 0.0668. The molecule has 1 aromatic heterocycles. The number of rotatable bonds is 5. The third-order valence-electron chi connectivity index (χ3n) is 3.77. The zero-order valence-electron chi connectivity index (χ0n) is 14.6. The number of aromatic carboxylic acids is 1. The van der Waals surface area contributed by atoms with Crippen LogP contribution in [0.1, 0.15) is 15.2 Å². The number of nitrogens with zero attached hydrogens (tertiary/aromatic N) is 1. The van der Waals surface area contributed by atoms with Crippen LogP contribution in [-0.4, -0.2) is 29.2 Å². The van der Waals surface area contributed by atoms with Crippen LogP contribution in [0.2, 0.25) is 0 Å². The highest BCUT2D eigenvalue weighted by atomic mass is 32.1. The van der Waals surface area contributed by atoms with Crippen molar-refractivity contribution in [1.29, 1.82) is 0 Å². The molecule has 0 saturated carbocycles. The Hall–Kier alpha value is -3.39. The van der Waals surface area contributed by atoms with Crippen molar-refractivity contribution in [3.63, 3.8) is 0 Å². The Balaban J connectivity index is 1.79. The second-order valence-electron chi connectivity index (χ2n) is 5.63. The number of carboxylic acids is 1. The first-order valence-electron chi connectivity index (χ1n) is 8.00. The Morgan fingerprint density at radius 1 is 1.11 bits per heavy atom. The largest absolute Gasteiger partial charge is 0.497 e. The molecule has 138 valence electrons. The fourth-order valence-corrected chi connectivity index (χ4v) is 3.29. The van der Waals surface area contributed by atoms with Crippen molar-refractivity contribution in [3.8, 4) is 17.0 Å². The first-order chi connectivity index (χ1) is 13.0. The van der Waals surface area contributed by atoms with Crippen LogP contribution in [-0.2, 0) is 0 Å². The molecule has 3 aromatic rings. The van der Waals surface area contributed by atoms with Gasteiger partial charge in [0.1, 0.15) is 10.6 Å². The van der Waals surface area contributed by atoms with Gasteiger partial charge in [-0.15, -0.1) is 0 Å². The van der Waals surface area contributed by atoms with Gasteiger partial charge in [-0.3, -0.25) is 5.32 Å². The van der Waals surface area contributed by atoms with Gasteiger partial charge >= 0.3 is 12.0 Å². The first kappa shape index (κ1) is 18.4. The van der Waals surface area contributed by atoms with Gasteiger partial charge in [-0.05, 0) is 30.7 Å². The zero-order chi connectivity index (χ0) is 19.4. The number of amides is 2. The van der Waals surface area contributed by atoms with Gasteiger partial charge in [0.15, 0.2) is 5.13 Å². The molecule has 3 N–H and O–H groups in total. The van der Waals surface area contributed by atoms with E-state index in [9.17, 15) is 14.7 Å². The smallest absolute Gasteiger partial charge is 0.348 e. The highest BCUT2D eigenvalue weighted by Gasteiger charge is 2.20. The van der Waals surface area contributed by atoms with Gasteiger partial charge in [0.2, 0.25) is 0 Å². The molecular weight excluding hydrogens is 366 g/mol. The predicted molar refractivity (Wildman–Crippen MR) is 105 cm³/mol. The van der Waals surface area contributed by atoms with Gasteiger partial charge in [-0.1, -0.05) is 41.7 Å². The van der Waals surface area contributed by atoms with Crippen LogP contribution in [0.5, 0.6) is 5.75 Å². The number of aromatic nitrogens is 1. The van der Waals surface area contributed by atoms with E-state index in [1.54, 1.807) is 49.6 Å². The zero-order valence-corrected chi connectivity index (χ0v) is 15.5. The molecule has 0 bridgehead atoms. The SMILES string of the molecule is COc1ccc(NC(=O)Nc2nc(-c3ccccc3)c(C(=O)O)s2)c(C)c1. The highest BCUT2D eigenvalue weighted by molar-refractivity contribution is 7.18. The maximum Gasteiger partial charge on any atom is 0.348 e. The quantitative estimate of drug-likeness (QED) is 0.603. The molecule has 0 aliphatic carbocycles. The summed E-state index contributed by atoms with van der Waals surface area (Å²) in [5, 5.41) is 14.9. The molecule has 0 atom stereocenters. The van der Waals surface area contributed by atoms with Crippen LogP contribution >= 0.6 is 11.3 Å². The Kier molecular flexibility index (Phi) is 5.37. The van der Waals surface area contributed by atoms with E-state index in [0.717, 1.165) is 16.9 Å². The topological polar surface area (TPSA) is 101 Å². The number of anilines is 2. The Morgan fingerprint density at radius 2 is 1.85 bits per heavy atom. The van der Waals surface area contributed by atoms with Crippen LogP contribution in [0.4, 0.5) is 15.6 Å². The fraction of sp³-hybridized carbons (Fsp3) is 0.105. The number of urea groups is 1. The number of hydrogen-bond acceptors (Lipinski definition) is 5. The average Bonchev–Trinajstić information content (AvgIpc) is 3.08. The van der Waals surface area contributed by atoms with E-state index in [-0.39, 0.29) is 10.0 Å². The molecule has 0 spiro atoms. The van der Waals surface area contributed by atoms with Crippen molar-refractivity contribution in [3.05, 3.63) is 59.0 Å². The third kappa shape index (κ3) is 4.24. The highest BCUT2D eigenvalue weighted by Crippen LogP contribution is 2.31. The van der Waals surface area contributed by atoms with Crippen LogP contribution < -0.4 is 15.4 Å². The lowest BCUT2D eigenvalue weighted by atomic mass is 10.1. The fourth-order valence-electron chi connectivity index (χ4n) is 2.46. The lowest BCUT2D eigenvalue weighted by Gasteiger charge is -2.09. The monoisotopic (exact) mass is 383 g/mol. The molecule has 0 unspecified atom stereocenters. The second-order valence-corrected chi connectivity index (χ2v) is 6.63. The van der Waals surface area contributed by atoms with E-state index < -0.39 is 12.0 Å². The van der Waals surface area contributed by atoms with Gasteiger partial charge in [0, 0.05) is 11.3 Å². The van der Waals surface area contributed by atoms with Crippen molar-refractivity contribution < 1.29 is 19.4 Å². The molecule has 2 aromatic carbocycles. The third-order valence-corrected chi connectivity index (χ3v) is 4.73. The van der Waals surface area contributed by atoms with E-state index in [1.807, 2.05) is 13.0 Å². The standard InChI is InChI=1S/C19H17N3O4S/c1-11-10-13(26-2)8-9-14(11)20-18(25)22-19-21-15(16(27-19)17(23)24)12-6-4-3-5-7-12/h3-10H,1-2H3,(H,23,24)(H2,20,21,22,25). The lowest BCUT2D eigenvalue weighted by molar-refractivity contribution is 0.0702. The van der Waals surface area contributed by atoms with Gasteiger partial charge in [-0.2, -0.15) is 0 Å². The van der Waals surface area contributed by atoms with E-state index in [1.165, 1.54) is 0 Å². The molecule has 27 heavy (non-hydrogen) atoms. The summed E-state index contributed by atoms with van der Waals surface area (Å²) in [6.07, 6.45) is 0.